The quantitative estimate of drug-likeness (QED) is 0.493. The molecule has 2 amide bonds. The smallest absolute Gasteiger partial charge is 0.256 e. The lowest BCUT2D eigenvalue weighted by atomic mass is 10.1. The Kier molecular flexibility index (Phi) is 7.36. The number of carbonyl (C=O) groups excluding carboxylic acids is 2. The van der Waals surface area contributed by atoms with Crippen LogP contribution in [0.2, 0.25) is 0 Å². The first-order valence-electron chi connectivity index (χ1n) is 10.0. The Labute approximate surface area is 187 Å². The molecule has 160 valence electrons. The summed E-state index contributed by atoms with van der Waals surface area (Å²) in [5.41, 5.74) is 5.28. The van der Waals surface area contributed by atoms with Gasteiger partial charge in [-0.05, 0) is 61.9 Å². The molecule has 31 heavy (non-hydrogen) atoms. The van der Waals surface area contributed by atoms with Crippen LogP contribution >= 0.6 is 11.8 Å². The standard InChI is InChI=1S/C25H27N3O2S/c1-17-9-11-19(12-10-17)26-24(29)16-31-23-8-6-5-7-21(23)25(30)27-22-14-13-20(28(3)4)15-18(22)2/h5-15H,16H2,1-4H3,(H,26,29)(H,27,30). The van der Waals surface area contributed by atoms with Crippen molar-refractivity contribution in [2.75, 3.05) is 35.4 Å². The predicted molar refractivity (Wildman–Crippen MR) is 130 cm³/mol. The van der Waals surface area contributed by atoms with Crippen LogP contribution in [0, 0.1) is 13.8 Å². The number of thioether (sulfide) groups is 1. The Morgan fingerprint density at radius 3 is 2.29 bits per heavy atom. The summed E-state index contributed by atoms with van der Waals surface area (Å²) >= 11 is 1.35. The van der Waals surface area contributed by atoms with Crippen molar-refractivity contribution >= 4 is 40.6 Å². The number of benzene rings is 3. The number of amides is 2. The Bertz CT molecular complexity index is 1080. The van der Waals surface area contributed by atoms with E-state index in [1.54, 1.807) is 6.07 Å². The van der Waals surface area contributed by atoms with E-state index in [0.717, 1.165) is 33.1 Å². The summed E-state index contributed by atoms with van der Waals surface area (Å²) in [6.45, 7) is 3.97. The van der Waals surface area contributed by atoms with Gasteiger partial charge in [0.1, 0.15) is 0 Å². The molecule has 0 fully saturated rings. The Hall–Kier alpha value is -3.25. The second kappa shape index (κ2) is 10.2. The molecule has 0 bridgehead atoms. The third-order valence-corrected chi connectivity index (χ3v) is 5.87. The first kappa shape index (κ1) is 22.4. The van der Waals surface area contributed by atoms with Gasteiger partial charge in [-0.2, -0.15) is 0 Å². The number of carbonyl (C=O) groups is 2. The van der Waals surface area contributed by atoms with Crippen LogP contribution < -0.4 is 15.5 Å². The number of rotatable bonds is 7. The van der Waals surface area contributed by atoms with E-state index in [1.807, 2.05) is 93.5 Å². The minimum Gasteiger partial charge on any atom is -0.378 e. The van der Waals surface area contributed by atoms with Gasteiger partial charge in [-0.1, -0.05) is 29.8 Å². The highest BCUT2D eigenvalue weighted by molar-refractivity contribution is 8.00. The first-order valence-corrected chi connectivity index (χ1v) is 11.0. The lowest BCUT2D eigenvalue weighted by Crippen LogP contribution is -2.16. The van der Waals surface area contributed by atoms with Gasteiger partial charge in [0.25, 0.3) is 5.91 Å². The summed E-state index contributed by atoms with van der Waals surface area (Å²) < 4.78 is 0. The summed E-state index contributed by atoms with van der Waals surface area (Å²) in [4.78, 5) is 28.1. The maximum Gasteiger partial charge on any atom is 0.256 e. The number of hydrogen-bond acceptors (Lipinski definition) is 4. The van der Waals surface area contributed by atoms with Crippen molar-refractivity contribution in [3.8, 4) is 0 Å². The molecule has 0 aliphatic rings. The molecule has 0 radical (unpaired) electrons. The van der Waals surface area contributed by atoms with E-state index in [4.69, 9.17) is 0 Å². The molecule has 0 aromatic heterocycles. The highest BCUT2D eigenvalue weighted by Crippen LogP contribution is 2.26. The molecular weight excluding hydrogens is 406 g/mol. The first-order chi connectivity index (χ1) is 14.8. The molecule has 0 spiro atoms. The van der Waals surface area contributed by atoms with Gasteiger partial charge in [0.15, 0.2) is 0 Å². The Morgan fingerprint density at radius 2 is 1.61 bits per heavy atom. The zero-order valence-corrected chi connectivity index (χ0v) is 19.0. The number of anilines is 3. The fourth-order valence-corrected chi connectivity index (χ4v) is 3.86. The molecule has 0 unspecified atom stereocenters. The summed E-state index contributed by atoms with van der Waals surface area (Å²) in [7, 11) is 3.96. The third kappa shape index (κ3) is 6.12. The summed E-state index contributed by atoms with van der Waals surface area (Å²) in [5, 5.41) is 5.88. The average molecular weight is 434 g/mol. The lowest BCUT2D eigenvalue weighted by Gasteiger charge is -2.16. The minimum absolute atomic E-state index is 0.112. The molecule has 2 N–H and O–H groups in total. The molecule has 0 heterocycles. The van der Waals surface area contributed by atoms with Crippen LogP contribution in [0.1, 0.15) is 21.5 Å². The van der Waals surface area contributed by atoms with Gasteiger partial charge >= 0.3 is 0 Å². The monoisotopic (exact) mass is 433 g/mol. The van der Waals surface area contributed by atoms with Gasteiger partial charge in [0.2, 0.25) is 5.91 Å². The molecule has 0 saturated heterocycles. The summed E-state index contributed by atoms with van der Waals surface area (Å²) in [6.07, 6.45) is 0. The molecule has 6 heteroatoms. The number of aryl methyl sites for hydroxylation is 2. The average Bonchev–Trinajstić information content (AvgIpc) is 2.75. The van der Waals surface area contributed by atoms with Gasteiger partial charge in [-0.3, -0.25) is 9.59 Å². The Balaban J connectivity index is 1.66. The van der Waals surface area contributed by atoms with Crippen molar-refractivity contribution in [3.63, 3.8) is 0 Å². The zero-order chi connectivity index (χ0) is 22.4. The van der Waals surface area contributed by atoms with E-state index in [0.29, 0.717) is 5.56 Å². The van der Waals surface area contributed by atoms with Gasteiger partial charge in [0, 0.05) is 36.1 Å². The SMILES string of the molecule is Cc1ccc(NC(=O)CSc2ccccc2C(=O)Nc2ccc(N(C)C)cc2C)cc1. The van der Waals surface area contributed by atoms with Crippen LogP contribution in [0.5, 0.6) is 0 Å². The largest absolute Gasteiger partial charge is 0.378 e. The maximum absolute atomic E-state index is 12.9. The molecule has 0 atom stereocenters. The maximum atomic E-state index is 12.9. The fourth-order valence-electron chi connectivity index (χ4n) is 3.01. The van der Waals surface area contributed by atoms with E-state index in [2.05, 4.69) is 10.6 Å². The number of nitrogens with zero attached hydrogens (tertiary/aromatic N) is 1. The van der Waals surface area contributed by atoms with Gasteiger partial charge in [-0.15, -0.1) is 11.8 Å². The van der Waals surface area contributed by atoms with E-state index in [1.165, 1.54) is 11.8 Å². The van der Waals surface area contributed by atoms with E-state index < -0.39 is 0 Å². The van der Waals surface area contributed by atoms with Crippen LogP contribution in [0.3, 0.4) is 0 Å². The van der Waals surface area contributed by atoms with Crippen molar-refractivity contribution in [1.29, 1.82) is 0 Å². The molecular formula is C25H27N3O2S. The van der Waals surface area contributed by atoms with Gasteiger partial charge in [-0.25, -0.2) is 0 Å². The topological polar surface area (TPSA) is 61.4 Å². The van der Waals surface area contributed by atoms with E-state index in [9.17, 15) is 9.59 Å². The molecule has 3 aromatic rings. The van der Waals surface area contributed by atoms with Gasteiger partial charge < -0.3 is 15.5 Å². The Morgan fingerprint density at radius 1 is 0.903 bits per heavy atom. The van der Waals surface area contributed by atoms with Crippen molar-refractivity contribution < 1.29 is 9.59 Å². The van der Waals surface area contributed by atoms with Crippen molar-refractivity contribution in [2.24, 2.45) is 0 Å². The number of nitrogens with one attached hydrogen (secondary N) is 2. The third-order valence-electron chi connectivity index (χ3n) is 4.80. The van der Waals surface area contributed by atoms with Crippen LogP contribution in [0.4, 0.5) is 17.1 Å². The molecule has 5 nitrogen and oxygen atoms in total. The molecule has 3 aromatic carbocycles. The van der Waals surface area contributed by atoms with Crippen molar-refractivity contribution in [2.45, 2.75) is 18.7 Å². The minimum atomic E-state index is -0.192. The van der Waals surface area contributed by atoms with Crippen LogP contribution in [0.25, 0.3) is 0 Å². The second-order valence-electron chi connectivity index (χ2n) is 7.55. The van der Waals surface area contributed by atoms with Crippen LogP contribution in [-0.2, 0) is 4.79 Å². The molecule has 0 aliphatic heterocycles. The van der Waals surface area contributed by atoms with E-state index in [-0.39, 0.29) is 17.6 Å². The molecule has 0 aliphatic carbocycles. The zero-order valence-electron chi connectivity index (χ0n) is 18.2. The van der Waals surface area contributed by atoms with Crippen molar-refractivity contribution in [1.82, 2.24) is 0 Å². The normalized spacial score (nSPS) is 10.5. The lowest BCUT2D eigenvalue weighted by molar-refractivity contribution is -0.113. The van der Waals surface area contributed by atoms with Gasteiger partial charge in [0.05, 0.1) is 11.3 Å². The van der Waals surface area contributed by atoms with E-state index >= 15 is 0 Å². The predicted octanol–water partition coefficient (Wildman–Crippen LogP) is 5.35. The van der Waals surface area contributed by atoms with Crippen LogP contribution in [0.15, 0.2) is 71.6 Å². The molecule has 0 saturated carbocycles. The highest BCUT2D eigenvalue weighted by Gasteiger charge is 2.14. The second-order valence-corrected chi connectivity index (χ2v) is 8.56. The van der Waals surface area contributed by atoms with Crippen LogP contribution in [-0.4, -0.2) is 31.7 Å². The fraction of sp³-hybridized carbons (Fsp3) is 0.200. The molecule has 3 rings (SSSR count). The summed E-state index contributed by atoms with van der Waals surface area (Å²) in [6, 6.07) is 20.9. The summed E-state index contributed by atoms with van der Waals surface area (Å²) in [5.74, 6) is -0.0868. The highest BCUT2D eigenvalue weighted by atomic mass is 32.2. The van der Waals surface area contributed by atoms with Crippen molar-refractivity contribution in [3.05, 3.63) is 83.4 Å². The number of hydrogen-bond donors (Lipinski definition) is 2.